The number of nitrogens with one attached hydrogen (secondary N) is 1. The molecule has 0 saturated carbocycles. The number of carboxylic acid groups (broad SMARTS) is 1. The van der Waals surface area contributed by atoms with E-state index in [-0.39, 0.29) is 5.91 Å². The van der Waals surface area contributed by atoms with E-state index in [1.807, 2.05) is 12.1 Å². The van der Waals surface area contributed by atoms with Gasteiger partial charge in [-0.25, -0.2) is 4.79 Å². The van der Waals surface area contributed by atoms with Crippen LogP contribution in [0.5, 0.6) is 0 Å². The van der Waals surface area contributed by atoms with E-state index in [0.29, 0.717) is 25.1 Å². The largest absolute Gasteiger partial charge is 0.480 e. The Morgan fingerprint density at radius 2 is 2.05 bits per heavy atom. The number of carbonyl (C=O) groups excluding carboxylic acids is 1. The topological polar surface area (TPSA) is 89.9 Å². The molecule has 1 aromatic carbocycles. The lowest BCUT2D eigenvalue weighted by Gasteiger charge is -2.25. The van der Waals surface area contributed by atoms with Gasteiger partial charge in [0.1, 0.15) is 6.04 Å². The highest BCUT2D eigenvalue weighted by atomic mass is 16.4. The third-order valence-electron chi connectivity index (χ3n) is 3.90. The summed E-state index contributed by atoms with van der Waals surface area (Å²) in [6.45, 7) is 0.365. The van der Waals surface area contributed by atoms with E-state index in [1.165, 1.54) is 4.90 Å². The standard InChI is InChI=1S/C14H16N2O4/c17-9-6-10(15-7-9)13(18)16-11-4-2-1-3-8(11)5-12(16)14(19)20/h1-4,9-10,12,15,17H,5-7H2,(H,19,20). The minimum Gasteiger partial charge on any atom is -0.480 e. The van der Waals surface area contributed by atoms with Crippen molar-refractivity contribution in [3.05, 3.63) is 29.8 Å². The molecule has 2 aliphatic rings. The Labute approximate surface area is 116 Å². The maximum atomic E-state index is 12.6. The van der Waals surface area contributed by atoms with Crippen LogP contribution in [-0.4, -0.2) is 46.8 Å². The summed E-state index contributed by atoms with van der Waals surface area (Å²) in [4.78, 5) is 25.3. The molecule has 0 spiro atoms. The van der Waals surface area contributed by atoms with Gasteiger partial charge in [-0.15, -0.1) is 0 Å². The first-order valence-electron chi connectivity index (χ1n) is 6.63. The van der Waals surface area contributed by atoms with E-state index in [1.54, 1.807) is 12.1 Å². The molecule has 0 bridgehead atoms. The van der Waals surface area contributed by atoms with E-state index < -0.39 is 24.2 Å². The van der Waals surface area contributed by atoms with Crippen molar-refractivity contribution in [1.82, 2.24) is 5.32 Å². The molecule has 1 fully saturated rings. The van der Waals surface area contributed by atoms with Crippen molar-refractivity contribution >= 4 is 17.6 Å². The van der Waals surface area contributed by atoms with Gasteiger partial charge in [0.15, 0.2) is 0 Å². The number of nitrogens with zero attached hydrogens (tertiary/aromatic N) is 1. The number of fused-ring (bicyclic) bond motifs is 1. The predicted molar refractivity (Wildman–Crippen MR) is 71.5 cm³/mol. The van der Waals surface area contributed by atoms with Crippen molar-refractivity contribution < 1.29 is 19.8 Å². The summed E-state index contributed by atoms with van der Waals surface area (Å²) in [5.74, 6) is -1.29. The molecule has 0 radical (unpaired) electrons. The van der Waals surface area contributed by atoms with Gasteiger partial charge in [0.2, 0.25) is 5.91 Å². The number of β-amino-alcohol motifs (C(OH)–C–C–N with tert-alkyl or cyclic N) is 1. The first kappa shape index (κ1) is 13.1. The Morgan fingerprint density at radius 1 is 1.30 bits per heavy atom. The summed E-state index contributed by atoms with van der Waals surface area (Å²) in [6, 6.07) is 5.86. The van der Waals surface area contributed by atoms with Crippen LogP contribution in [0.15, 0.2) is 24.3 Å². The van der Waals surface area contributed by atoms with Crippen LogP contribution in [0, 0.1) is 0 Å². The molecular weight excluding hydrogens is 260 g/mol. The number of aliphatic carboxylic acids is 1. The minimum atomic E-state index is -1.01. The zero-order chi connectivity index (χ0) is 14.3. The van der Waals surface area contributed by atoms with Gasteiger partial charge in [0.05, 0.1) is 12.1 Å². The normalized spacial score (nSPS) is 28.4. The van der Waals surface area contributed by atoms with Crippen LogP contribution in [-0.2, 0) is 16.0 Å². The number of hydrogen-bond acceptors (Lipinski definition) is 4. The average molecular weight is 276 g/mol. The van der Waals surface area contributed by atoms with E-state index in [9.17, 15) is 19.8 Å². The lowest BCUT2D eigenvalue weighted by molar-refractivity contribution is -0.140. The summed E-state index contributed by atoms with van der Waals surface area (Å²) >= 11 is 0. The van der Waals surface area contributed by atoms with Crippen molar-refractivity contribution in [3.8, 4) is 0 Å². The Kier molecular flexibility index (Phi) is 3.19. The van der Waals surface area contributed by atoms with Crippen LogP contribution >= 0.6 is 0 Å². The summed E-state index contributed by atoms with van der Waals surface area (Å²) < 4.78 is 0. The summed E-state index contributed by atoms with van der Waals surface area (Å²) in [5, 5.41) is 21.8. The molecule has 1 amide bonds. The van der Waals surface area contributed by atoms with Crippen LogP contribution in [0.3, 0.4) is 0 Å². The smallest absolute Gasteiger partial charge is 0.327 e. The van der Waals surface area contributed by atoms with E-state index in [0.717, 1.165) is 5.56 Å². The third-order valence-corrected chi connectivity index (χ3v) is 3.90. The highest BCUT2D eigenvalue weighted by Gasteiger charge is 2.42. The summed E-state index contributed by atoms with van der Waals surface area (Å²) in [7, 11) is 0. The molecule has 0 aliphatic carbocycles. The molecule has 1 saturated heterocycles. The van der Waals surface area contributed by atoms with Crippen LogP contribution in [0.1, 0.15) is 12.0 Å². The number of amides is 1. The maximum Gasteiger partial charge on any atom is 0.327 e. The van der Waals surface area contributed by atoms with Crippen LogP contribution < -0.4 is 10.2 Å². The first-order chi connectivity index (χ1) is 9.58. The number of rotatable bonds is 2. The molecule has 3 unspecified atom stereocenters. The van der Waals surface area contributed by atoms with E-state index in [4.69, 9.17) is 0 Å². The Hall–Kier alpha value is -1.92. The van der Waals surface area contributed by atoms with Gasteiger partial charge in [0.25, 0.3) is 0 Å². The molecule has 106 valence electrons. The molecule has 6 nitrogen and oxygen atoms in total. The van der Waals surface area contributed by atoms with Gasteiger partial charge in [-0.05, 0) is 18.1 Å². The molecule has 1 aromatic rings. The fourth-order valence-corrected chi connectivity index (χ4v) is 2.93. The molecule has 3 rings (SSSR count). The molecule has 3 N–H and O–H groups in total. The molecule has 20 heavy (non-hydrogen) atoms. The average Bonchev–Trinajstić information content (AvgIpc) is 3.01. The van der Waals surface area contributed by atoms with Gasteiger partial charge < -0.3 is 15.5 Å². The number of benzene rings is 1. The van der Waals surface area contributed by atoms with Crippen LogP contribution in [0.25, 0.3) is 0 Å². The Morgan fingerprint density at radius 3 is 2.70 bits per heavy atom. The van der Waals surface area contributed by atoms with Crippen molar-refractivity contribution in [2.45, 2.75) is 31.0 Å². The zero-order valence-corrected chi connectivity index (χ0v) is 10.8. The van der Waals surface area contributed by atoms with E-state index in [2.05, 4.69) is 5.32 Å². The van der Waals surface area contributed by atoms with Gasteiger partial charge >= 0.3 is 5.97 Å². The number of anilines is 1. The molecule has 0 aromatic heterocycles. The molecule has 3 atom stereocenters. The van der Waals surface area contributed by atoms with Crippen molar-refractivity contribution in [2.24, 2.45) is 0 Å². The second-order valence-corrected chi connectivity index (χ2v) is 5.25. The number of hydrogen-bond donors (Lipinski definition) is 3. The van der Waals surface area contributed by atoms with E-state index >= 15 is 0 Å². The fourth-order valence-electron chi connectivity index (χ4n) is 2.93. The maximum absolute atomic E-state index is 12.6. The van der Waals surface area contributed by atoms with Crippen molar-refractivity contribution in [1.29, 1.82) is 0 Å². The number of aliphatic hydroxyl groups is 1. The second kappa shape index (κ2) is 4.88. The van der Waals surface area contributed by atoms with Gasteiger partial charge in [-0.1, -0.05) is 18.2 Å². The lowest BCUT2D eigenvalue weighted by atomic mass is 10.1. The predicted octanol–water partition coefficient (Wildman–Crippen LogP) is -0.248. The van der Waals surface area contributed by atoms with Gasteiger partial charge in [0, 0.05) is 18.7 Å². The molecule has 6 heteroatoms. The number of aliphatic hydroxyl groups excluding tert-OH is 1. The van der Waals surface area contributed by atoms with Crippen LogP contribution in [0.4, 0.5) is 5.69 Å². The van der Waals surface area contributed by atoms with Gasteiger partial charge in [-0.2, -0.15) is 0 Å². The van der Waals surface area contributed by atoms with Crippen LogP contribution in [0.2, 0.25) is 0 Å². The first-order valence-corrected chi connectivity index (χ1v) is 6.63. The summed E-state index contributed by atoms with van der Waals surface area (Å²) in [5.41, 5.74) is 1.53. The molecular formula is C14H16N2O4. The Balaban J connectivity index is 1.92. The summed E-state index contributed by atoms with van der Waals surface area (Å²) in [6.07, 6.45) is 0.0983. The highest BCUT2D eigenvalue weighted by molar-refractivity contribution is 6.04. The SMILES string of the molecule is O=C(O)C1Cc2ccccc2N1C(=O)C1CC(O)CN1. The fraction of sp³-hybridized carbons (Fsp3) is 0.429. The lowest BCUT2D eigenvalue weighted by Crippen LogP contribution is -2.50. The second-order valence-electron chi connectivity index (χ2n) is 5.25. The number of carboxylic acids is 1. The quantitative estimate of drug-likeness (QED) is 0.693. The molecule has 2 aliphatic heterocycles. The monoisotopic (exact) mass is 276 g/mol. The third kappa shape index (κ3) is 2.07. The van der Waals surface area contributed by atoms with Gasteiger partial charge in [-0.3, -0.25) is 9.69 Å². The zero-order valence-electron chi connectivity index (χ0n) is 10.8. The minimum absolute atomic E-state index is 0.279. The highest BCUT2D eigenvalue weighted by Crippen LogP contribution is 2.33. The number of carbonyl (C=O) groups is 2. The number of para-hydroxylation sites is 1. The Bertz CT molecular complexity index is 560. The molecule has 2 heterocycles. The van der Waals surface area contributed by atoms with Crippen molar-refractivity contribution in [3.63, 3.8) is 0 Å². The van der Waals surface area contributed by atoms with Crippen molar-refractivity contribution in [2.75, 3.05) is 11.4 Å².